The lowest BCUT2D eigenvalue weighted by molar-refractivity contribution is -0.136. The van der Waals surface area contributed by atoms with Gasteiger partial charge in [0.25, 0.3) is 0 Å². The average molecular weight is 318 g/mol. The highest BCUT2D eigenvalue weighted by Crippen LogP contribution is 2.23. The van der Waals surface area contributed by atoms with Crippen molar-refractivity contribution in [2.75, 3.05) is 5.32 Å². The predicted molar refractivity (Wildman–Crippen MR) is 86.4 cm³/mol. The molecule has 0 aliphatic heterocycles. The zero-order valence-electron chi connectivity index (χ0n) is 12.7. The number of rotatable bonds is 5. The number of carbonyl (C=O) groups excluding carboxylic acids is 1. The number of carboxylic acids is 1. The first-order valence-electron chi connectivity index (χ1n) is 6.91. The molecule has 0 aliphatic carbocycles. The predicted octanol–water partition coefficient (Wildman–Crippen LogP) is 3.13. The first-order valence-corrected chi connectivity index (χ1v) is 7.79. The molecule has 0 fully saturated rings. The fourth-order valence-electron chi connectivity index (χ4n) is 2.06. The Morgan fingerprint density at radius 3 is 2.73 bits per heavy atom. The molecule has 2 rings (SSSR count). The molecule has 0 radical (unpaired) electrons. The summed E-state index contributed by atoms with van der Waals surface area (Å²) in [5.74, 6) is -1.50. The maximum Gasteiger partial charge on any atom is 0.309 e. The molecule has 2 aromatic rings. The minimum atomic E-state index is -0.927. The summed E-state index contributed by atoms with van der Waals surface area (Å²) in [5.41, 5.74) is 3.41. The van der Waals surface area contributed by atoms with Crippen LogP contribution in [0.4, 0.5) is 5.69 Å². The Labute approximate surface area is 133 Å². The lowest BCUT2D eigenvalue weighted by Crippen LogP contribution is -2.19. The number of nitrogens with one attached hydrogen (secondary N) is 1. The molecule has 0 aliphatic rings. The van der Waals surface area contributed by atoms with E-state index >= 15 is 0 Å². The molecule has 1 atom stereocenters. The highest BCUT2D eigenvalue weighted by Gasteiger charge is 2.20. The number of amides is 1. The fraction of sp³-hybridized carbons (Fsp3) is 0.312. The molecule has 0 spiro atoms. The number of hydrogen-bond donors (Lipinski definition) is 2. The van der Waals surface area contributed by atoms with Gasteiger partial charge in [-0.3, -0.25) is 9.59 Å². The normalized spacial score (nSPS) is 12.0. The van der Waals surface area contributed by atoms with E-state index in [9.17, 15) is 9.59 Å². The summed E-state index contributed by atoms with van der Waals surface area (Å²) in [6, 6.07) is 5.84. The van der Waals surface area contributed by atoms with Gasteiger partial charge in [0.05, 0.1) is 18.0 Å². The molecule has 0 saturated carbocycles. The summed E-state index contributed by atoms with van der Waals surface area (Å²) in [7, 11) is 0. The number of benzene rings is 1. The molecule has 0 bridgehead atoms. The van der Waals surface area contributed by atoms with Crippen molar-refractivity contribution in [3.05, 3.63) is 45.4 Å². The standard InChI is InChI=1S/C16H18N2O3S/c1-9-4-5-13(10(2)6-9)18-15(21)11(3)16-17-12(8-22-16)7-14(19)20/h4-6,8,11H,7H2,1-3H3,(H,18,21)(H,19,20). The summed E-state index contributed by atoms with van der Waals surface area (Å²) in [5, 5.41) is 14.0. The highest BCUT2D eigenvalue weighted by molar-refractivity contribution is 7.09. The largest absolute Gasteiger partial charge is 0.481 e. The molecular weight excluding hydrogens is 300 g/mol. The van der Waals surface area contributed by atoms with Crippen LogP contribution in [0.3, 0.4) is 0 Å². The van der Waals surface area contributed by atoms with Crippen molar-refractivity contribution in [2.24, 2.45) is 0 Å². The Bertz CT molecular complexity index is 709. The molecule has 1 aromatic heterocycles. The van der Waals surface area contributed by atoms with E-state index < -0.39 is 11.9 Å². The maximum atomic E-state index is 12.3. The third kappa shape index (κ3) is 3.92. The second-order valence-electron chi connectivity index (χ2n) is 5.28. The van der Waals surface area contributed by atoms with Gasteiger partial charge in [-0.25, -0.2) is 4.98 Å². The molecule has 6 heteroatoms. The molecule has 2 N–H and O–H groups in total. The van der Waals surface area contributed by atoms with E-state index in [0.717, 1.165) is 16.8 Å². The molecule has 5 nitrogen and oxygen atoms in total. The van der Waals surface area contributed by atoms with Crippen LogP contribution in [0.5, 0.6) is 0 Å². The number of hydrogen-bond acceptors (Lipinski definition) is 4. The quantitative estimate of drug-likeness (QED) is 0.887. The molecule has 1 heterocycles. The van der Waals surface area contributed by atoms with Gasteiger partial charge in [-0.2, -0.15) is 0 Å². The molecule has 0 saturated heterocycles. The third-order valence-electron chi connectivity index (χ3n) is 3.31. The Morgan fingerprint density at radius 2 is 2.09 bits per heavy atom. The number of carboxylic acid groups (broad SMARTS) is 1. The molecular formula is C16H18N2O3S. The van der Waals surface area contributed by atoms with Gasteiger partial charge in [-0.15, -0.1) is 11.3 Å². The van der Waals surface area contributed by atoms with Crippen LogP contribution in [-0.4, -0.2) is 22.0 Å². The van der Waals surface area contributed by atoms with Crippen molar-refractivity contribution in [1.29, 1.82) is 0 Å². The topological polar surface area (TPSA) is 79.3 Å². The minimum Gasteiger partial charge on any atom is -0.481 e. The number of aliphatic carboxylic acids is 1. The van der Waals surface area contributed by atoms with Crippen molar-refractivity contribution < 1.29 is 14.7 Å². The first kappa shape index (κ1) is 16.2. The van der Waals surface area contributed by atoms with Gasteiger partial charge in [0.2, 0.25) is 5.91 Å². The summed E-state index contributed by atoms with van der Waals surface area (Å²) in [6.45, 7) is 5.71. The van der Waals surface area contributed by atoms with Crippen LogP contribution in [0.25, 0.3) is 0 Å². The molecule has 1 unspecified atom stereocenters. The zero-order chi connectivity index (χ0) is 16.3. The number of anilines is 1. The smallest absolute Gasteiger partial charge is 0.309 e. The van der Waals surface area contributed by atoms with Gasteiger partial charge >= 0.3 is 5.97 Å². The van der Waals surface area contributed by atoms with Crippen LogP contribution < -0.4 is 5.32 Å². The molecule has 22 heavy (non-hydrogen) atoms. The van der Waals surface area contributed by atoms with Crippen LogP contribution in [0.15, 0.2) is 23.6 Å². The van der Waals surface area contributed by atoms with Crippen LogP contribution in [0.2, 0.25) is 0 Å². The third-order valence-corrected chi connectivity index (χ3v) is 4.38. The summed E-state index contributed by atoms with van der Waals surface area (Å²) in [6.07, 6.45) is -0.123. The van der Waals surface area contributed by atoms with Gasteiger partial charge in [0, 0.05) is 11.1 Å². The number of aryl methyl sites for hydroxylation is 2. The van der Waals surface area contributed by atoms with Crippen LogP contribution in [0.1, 0.15) is 34.7 Å². The number of nitrogens with zero attached hydrogens (tertiary/aromatic N) is 1. The van der Waals surface area contributed by atoms with E-state index in [2.05, 4.69) is 10.3 Å². The fourth-order valence-corrected chi connectivity index (χ4v) is 2.94. The highest BCUT2D eigenvalue weighted by atomic mass is 32.1. The molecule has 1 amide bonds. The van der Waals surface area contributed by atoms with Crippen molar-refractivity contribution in [1.82, 2.24) is 4.98 Å². The SMILES string of the molecule is Cc1ccc(NC(=O)C(C)c2nc(CC(=O)O)cs2)c(C)c1. The Morgan fingerprint density at radius 1 is 1.36 bits per heavy atom. The zero-order valence-corrected chi connectivity index (χ0v) is 13.5. The second kappa shape index (κ2) is 6.70. The van der Waals surface area contributed by atoms with E-state index in [1.807, 2.05) is 32.0 Å². The second-order valence-corrected chi connectivity index (χ2v) is 6.17. The van der Waals surface area contributed by atoms with Gasteiger partial charge in [0.15, 0.2) is 0 Å². The van der Waals surface area contributed by atoms with E-state index in [1.165, 1.54) is 11.3 Å². The summed E-state index contributed by atoms with van der Waals surface area (Å²) >= 11 is 1.31. The van der Waals surface area contributed by atoms with Crippen LogP contribution in [-0.2, 0) is 16.0 Å². The van der Waals surface area contributed by atoms with Gasteiger partial charge in [-0.05, 0) is 32.4 Å². The van der Waals surface area contributed by atoms with Crippen molar-refractivity contribution in [3.63, 3.8) is 0 Å². The summed E-state index contributed by atoms with van der Waals surface area (Å²) in [4.78, 5) is 27.2. The Hall–Kier alpha value is -2.21. The van der Waals surface area contributed by atoms with Crippen molar-refractivity contribution in [2.45, 2.75) is 33.1 Å². The van der Waals surface area contributed by atoms with Crippen molar-refractivity contribution in [3.8, 4) is 0 Å². The molecule has 1 aromatic carbocycles. The van der Waals surface area contributed by atoms with Gasteiger partial charge in [0.1, 0.15) is 5.01 Å². The minimum absolute atomic E-state index is 0.123. The lowest BCUT2D eigenvalue weighted by Gasteiger charge is -2.12. The summed E-state index contributed by atoms with van der Waals surface area (Å²) < 4.78 is 0. The van der Waals surface area contributed by atoms with Crippen molar-refractivity contribution >= 4 is 28.9 Å². The Kier molecular flexibility index (Phi) is 4.92. The monoisotopic (exact) mass is 318 g/mol. The lowest BCUT2D eigenvalue weighted by atomic mass is 10.1. The van der Waals surface area contributed by atoms with Crippen LogP contribution >= 0.6 is 11.3 Å². The molecule has 116 valence electrons. The van der Waals surface area contributed by atoms with E-state index in [4.69, 9.17) is 5.11 Å². The van der Waals surface area contributed by atoms with Gasteiger partial charge < -0.3 is 10.4 Å². The Balaban J connectivity index is 2.08. The van der Waals surface area contributed by atoms with Crippen LogP contribution in [0, 0.1) is 13.8 Å². The van der Waals surface area contributed by atoms with Gasteiger partial charge in [-0.1, -0.05) is 17.7 Å². The van der Waals surface area contributed by atoms with E-state index in [-0.39, 0.29) is 12.3 Å². The maximum absolute atomic E-state index is 12.3. The first-order chi connectivity index (χ1) is 10.4. The number of aromatic nitrogens is 1. The average Bonchev–Trinajstić information content (AvgIpc) is 2.88. The number of thiazole rings is 1. The van der Waals surface area contributed by atoms with E-state index in [0.29, 0.717) is 10.7 Å². The van der Waals surface area contributed by atoms with E-state index in [1.54, 1.807) is 12.3 Å². The number of carbonyl (C=O) groups is 2.